The Labute approximate surface area is 245 Å². The molecule has 0 unspecified atom stereocenters. The zero-order valence-electron chi connectivity index (χ0n) is 22.7. The molecular formula is C27H27BrFN9O3. The molecule has 212 valence electrons. The normalized spacial score (nSPS) is 11.2. The van der Waals surface area contributed by atoms with Gasteiger partial charge < -0.3 is 46.8 Å². The summed E-state index contributed by atoms with van der Waals surface area (Å²) >= 11 is 0. The lowest BCUT2D eigenvalue weighted by Gasteiger charge is -2.28. The fourth-order valence-corrected chi connectivity index (χ4v) is 4.02. The van der Waals surface area contributed by atoms with Gasteiger partial charge in [0.15, 0.2) is 5.69 Å². The van der Waals surface area contributed by atoms with E-state index in [9.17, 15) is 19.3 Å². The number of nitro groups is 1. The number of halogens is 2. The number of likely N-dealkylation sites (N-methyl/N-ethyl adjacent to an activating group) is 1. The van der Waals surface area contributed by atoms with Crippen molar-refractivity contribution in [1.82, 2.24) is 24.5 Å². The van der Waals surface area contributed by atoms with Crippen LogP contribution < -0.4 is 27.6 Å². The number of benzene rings is 1. The molecule has 0 aliphatic rings. The Morgan fingerprint density at radius 1 is 1.27 bits per heavy atom. The average Bonchev–Trinajstić information content (AvgIpc) is 3.18. The number of pyridine rings is 1. The van der Waals surface area contributed by atoms with Crippen LogP contribution in [0.15, 0.2) is 48.9 Å². The quantitative estimate of drug-likeness (QED) is 0.0909. The molecule has 2 N–H and O–H groups in total. The van der Waals surface area contributed by atoms with Crippen LogP contribution in [0.4, 0.5) is 27.5 Å². The first-order valence-electron chi connectivity index (χ1n) is 12.1. The number of hydrogen-bond acceptors (Lipinski definition) is 8. The molecule has 4 aromatic rings. The summed E-state index contributed by atoms with van der Waals surface area (Å²) in [6.07, 6.45) is 11.3. The Bertz CT molecular complexity index is 1700. The first-order chi connectivity index (χ1) is 19.0. The number of rotatable bonds is 9. The Hall–Kier alpha value is -4.74. The molecule has 4 rings (SSSR count). The third-order valence-electron chi connectivity index (χ3n) is 6.19. The second-order valence-electron chi connectivity index (χ2n) is 9.69. The third-order valence-corrected chi connectivity index (χ3v) is 6.19. The van der Waals surface area contributed by atoms with Gasteiger partial charge in [-0.1, -0.05) is 5.92 Å². The lowest BCUT2D eigenvalue weighted by Crippen LogP contribution is -3.00. The number of aromatic nitrogens is 5. The number of anilines is 3. The van der Waals surface area contributed by atoms with Gasteiger partial charge in [-0.2, -0.15) is 0 Å². The Morgan fingerprint density at radius 3 is 2.73 bits per heavy atom. The number of carbonyl (C=O) groups excluding carboxylic acids is 1. The molecule has 41 heavy (non-hydrogen) atoms. The second kappa shape index (κ2) is 12.6. The van der Waals surface area contributed by atoms with Crippen LogP contribution in [-0.2, 0) is 18.4 Å². The molecule has 1 amide bonds. The van der Waals surface area contributed by atoms with Crippen LogP contribution in [-0.4, -0.2) is 60.5 Å². The van der Waals surface area contributed by atoms with Gasteiger partial charge in [-0.15, -0.1) is 6.42 Å². The summed E-state index contributed by atoms with van der Waals surface area (Å²) in [5.41, 5.74) is 1.68. The minimum atomic E-state index is -0.501. The van der Waals surface area contributed by atoms with Crippen molar-refractivity contribution < 1.29 is 35.6 Å². The molecule has 0 saturated heterocycles. The number of quaternary nitrogens is 1. The standard InChI is InChI=1S/C27H26FN9O3.BrH/c1-6-18-12-19(9-10-21(18)28)33-26-20-13-24(29-14-22(20)30-16-31-26)34-25(38)8-7-11-37(4,5)15-23-27(36(39)40)32-17(2)35(23)3;/h1,7-10,12-14,16H,11,15H2,2-5H3,(H-,29,30,31,33,34,38);1H/b8-7+;. The minimum Gasteiger partial charge on any atom is -1.00 e. The molecule has 0 saturated carbocycles. The Kier molecular flexibility index (Phi) is 9.48. The third kappa shape index (κ3) is 7.27. The molecule has 0 bridgehead atoms. The van der Waals surface area contributed by atoms with E-state index in [0.717, 1.165) is 0 Å². The number of fused-ring (bicyclic) bond motifs is 1. The monoisotopic (exact) mass is 623 g/mol. The molecule has 1 aromatic carbocycles. The topological polar surface area (TPSA) is 141 Å². The summed E-state index contributed by atoms with van der Waals surface area (Å²) < 4.78 is 15.8. The van der Waals surface area contributed by atoms with E-state index in [1.54, 1.807) is 30.7 Å². The van der Waals surface area contributed by atoms with Crippen molar-refractivity contribution in [2.75, 3.05) is 31.3 Å². The van der Waals surface area contributed by atoms with Crippen molar-refractivity contribution >= 4 is 40.0 Å². The smallest absolute Gasteiger partial charge is 0.391 e. The van der Waals surface area contributed by atoms with E-state index in [-0.39, 0.29) is 34.2 Å². The van der Waals surface area contributed by atoms with E-state index in [4.69, 9.17) is 6.42 Å². The molecule has 14 heteroatoms. The van der Waals surface area contributed by atoms with Crippen molar-refractivity contribution in [2.24, 2.45) is 7.05 Å². The van der Waals surface area contributed by atoms with E-state index < -0.39 is 16.6 Å². The highest BCUT2D eigenvalue weighted by Gasteiger charge is 2.29. The van der Waals surface area contributed by atoms with Crippen LogP contribution in [0.2, 0.25) is 0 Å². The molecule has 3 aromatic heterocycles. The second-order valence-corrected chi connectivity index (χ2v) is 9.69. The number of aryl methyl sites for hydroxylation is 1. The molecule has 0 fully saturated rings. The number of carbonyl (C=O) groups is 1. The van der Waals surface area contributed by atoms with Gasteiger partial charge in [0.05, 0.1) is 37.9 Å². The molecule has 0 spiro atoms. The lowest BCUT2D eigenvalue weighted by molar-refractivity contribution is -0.898. The van der Waals surface area contributed by atoms with Gasteiger partial charge >= 0.3 is 5.82 Å². The van der Waals surface area contributed by atoms with Crippen LogP contribution in [0.25, 0.3) is 10.9 Å². The van der Waals surface area contributed by atoms with Gasteiger partial charge in [0.25, 0.3) is 0 Å². The maximum absolute atomic E-state index is 13.8. The fraction of sp³-hybridized carbons (Fsp3) is 0.222. The molecule has 12 nitrogen and oxygen atoms in total. The molecule has 0 atom stereocenters. The first-order valence-corrected chi connectivity index (χ1v) is 12.1. The fourth-order valence-electron chi connectivity index (χ4n) is 4.02. The number of hydrogen-bond donors (Lipinski definition) is 2. The molecule has 0 radical (unpaired) electrons. The highest BCUT2D eigenvalue weighted by atomic mass is 79.9. The summed E-state index contributed by atoms with van der Waals surface area (Å²) in [7, 11) is 5.55. The number of nitrogens with one attached hydrogen (secondary N) is 2. The number of imidazole rings is 1. The van der Waals surface area contributed by atoms with Crippen LogP contribution >= 0.6 is 0 Å². The summed E-state index contributed by atoms with van der Waals surface area (Å²) in [5, 5.41) is 17.8. The Balaban J connectivity index is 0.00000462. The van der Waals surface area contributed by atoms with E-state index in [0.29, 0.717) is 51.5 Å². The van der Waals surface area contributed by atoms with Crippen molar-refractivity contribution in [2.45, 2.75) is 13.5 Å². The predicted molar refractivity (Wildman–Crippen MR) is 148 cm³/mol. The zero-order chi connectivity index (χ0) is 29.0. The lowest BCUT2D eigenvalue weighted by atomic mass is 10.2. The van der Waals surface area contributed by atoms with Crippen molar-refractivity contribution in [3.05, 3.63) is 82.0 Å². The van der Waals surface area contributed by atoms with Gasteiger partial charge in [-0.3, -0.25) is 4.79 Å². The molecule has 3 heterocycles. The van der Waals surface area contributed by atoms with Gasteiger partial charge in [0.1, 0.15) is 30.3 Å². The van der Waals surface area contributed by atoms with Gasteiger partial charge in [0, 0.05) is 31.1 Å². The number of terminal acetylenes is 1. The zero-order valence-corrected chi connectivity index (χ0v) is 24.3. The maximum atomic E-state index is 13.8. The SMILES string of the molecule is C#Cc1cc(Nc2ncnc3cnc(NC(=O)/C=C/C[N+](C)(C)Cc4c([N+](=O)[O-])nc(C)n4C)cc23)ccc1F.[Br-]. The largest absolute Gasteiger partial charge is 1.00 e. The highest BCUT2D eigenvalue weighted by Crippen LogP contribution is 2.26. The van der Waals surface area contributed by atoms with Gasteiger partial charge in [-0.05, 0) is 40.2 Å². The summed E-state index contributed by atoms with van der Waals surface area (Å²) in [4.78, 5) is 40.3. The maximum Gasteiger partial charge on any atom is 0.391 e. The minimum absolute atomic E-state index is 0. The molecule has 0 aliphatic carbocycles. The van der Waals surface area contributed by atoms with Gasteiger partial charge in [0.2, 0.25) is 11.7 Å². The van der Waals surface area contributed by atoms with E-state index in [1.807, 2.05) is 14.1 Å². The van der Waals surface area contributed by atoms with Crippen LogP contribution in [0.1, 0.15) is 17.1 Å². The summed E-state index contributed by atoms with van der Waals surface area (Å²) in [6, 6.07) is 5.91. The molecule has 0 aliphatic heterocycles. The first kappa shape index (κ1) is 30.8. The van der Waals surface area contributed by atoms with Crippen molar-refractivity contribution in [1.29, 1.82) is 0 Å². The van der Waals surface area contributed by atoms with Crippen molar-refractivity contribution in [3.8, 4) is 12.3 Å². The highest BCUT2D eigenvalue weighted by molar-refractivity contribution is 6.00. The number of nitrogens with zero attached hydrogens (tertiary/aromatic N) is 7. The van der Waals surface area contributed by atoms with Crippen LogP contribution in [0.5, 0.6) is 0 Å². The predicted octanol–water partition coefficient (Wildman–Crippen LogP) is 0.614. The van der Waals surface area contributed by atoms with Crippen LogP contribution in [0.3, 0.4) is 0 Å². The number of amides is 1. The average molecular weight is 624 g/mol. The Morgan fingerprint density at radius 2 is 2.02 bits per heavy atom. The summed E-state index contributed by atoms with van der Waals surface area (Å²) in [6.45, 7) is 2.49. The summed E-state index contributed by atoms with van der Waals surface area (Å²) in [5.74, 6) is 2.48. The van der Waals surface area contributed by atoms with Crippen LogP contribution in [0, 0.1) is 35.2 Å². The van der Waals surface area contributed by atoms with E-state index in [1.165, 1.54) is 36.8 Å². The van der Waals surface area contributed by atoms with E-state index >= 15 is 0 Å². The van der Waals surface area contributed by atoms with Gasteiger partial charge in [-0.25, -0.2) is 19.3 Å². The molecular weight excluding hydrogens is 597 g/mol. The van der Waals surface area contributed by atoms with Crippen molar-refractivity contribution in [3.63, 3.8) is 0 Å². The van der Waals surface area contributed by atoms with E-state index in [2.05, 4.69) is 36.5 Å².